The maximum absolute atomic E-state index is 11.1. The molecule has 0 unspecified atom stereocenters. The third-order valence-electron chi connectivity index (χ3n) is 2.78. The number of rotatable bonds is 1. The Morgan fingerprint density at radius 2 is 1.86 bits per heavy atom. The highest BCUT2D eigenvalue weighted by molar-refractivity contribution is 5.73. The standard InChI is InChI=1S/C9H16N2O3/c1-7(12)10(2)8-3-5-11(6-4-8)9(13)14/h8H,3-6H2,1-2H3,(H,13,14). The molecule has 1 rings (SSSR count). The number of carbonyl (C=O) groups excluding carboxylic acids is 1. The van der Waals surface area contributed by atoms with Gasteiger partial charge in [-0.25, -0.2) is 4.79 Å². The maximum Gasteiger partial charge on any atom is 0.407 e. The molecule has 0 aliphatic carbocycles. The molecular formula is C9H16N2O3. The SMILES string of the molecule is CC(=O)N(C)C1CCN(C(=O)O)CC1. The first-order valence-corrected chi connectivity index (χ1v) is 4.73. The fourth-order valence-corrected chi connectivity index (χ4v) is 1.70. The first-order chi connectivity index (χ1) is 6.52. The molecular weight excluding hydrogens is 184 g/mol. The van der Waals surface area contributed by atoms with E-state index in [9.17, 15) is 9.59 Å². The number of carbonyl (C=O) groups is 2. The molecule has 0 radical (unpaired) electrons. The first-order valence-electron chi connectivity index (χ1n) is 4.73. The number of hydrogen-bond acceptors (Lipinski definition) is 2. The monoisotopic (exact) mass is 200 g/mol. The molecule has 1 aliphatic rings. The number of piperidine rings is 1. The minimum Gasteiger partial charge on any atom is -0.465 e. The Hall–Kier alpha value is -1.26. The summed E-state index contributed by atoms with van der Waals surface area (Å²) in [5, 5.41) is 8.72. The second-order valence-corrected chi connectivity index (χ2v) is 3.63. The van der Waals surface area contributed by atoms with E-state index in [0.717, 1.165) is 12.8 Å². The van der Waals surface area contributed by atoms with Gasteiger partial charge < -0.3 is 14.9 Å². The fraction of sp³-hybridized carbons (Fsp3) is 0.778. The highest BCUT2D eigenvalue weighted by Crippen LogP contribution is 2.15. The Morgan fingerprint density at radius 1 is 1.36 bits per heavy atom. The third kappa shape index (κ3) is 2.37. The van der Waals surface area contributed by atoms with Crippen LogP contribution in [0.2, 0.25) is 0 Å². The molecule has 80 valence electrons. The number of hydrogen-bond donors (Lipinski definition) is 1. The smallest absolute Gasteiger partial charge is 0.407 e. The first kappa shape index (κ1) is 10.8. The molecule has 0 bridgehead atoms. The van der Waals surface area contributed by atoms with Crippen molar-refractivity contribution in [3.8, 4) is 0 Å². The normalized spacial score (nSPS) is 18.0. The van der Waals surface area contributed by atoms with Crippen molar-refractivity contribution in [2.75, 3.05) is 20.1 Å². The second kappa shape index (κ2) is 4.30. The molecule has 0 aromatic heterocycles. The van der Waals surface area contributed by atoms with Crippen LogP contribution in [0.3, 0.4) is 0 Å². The highest BCUT2D eigenvalue weighted by Gasteiger charge is 2.25. The minimum absolute atomic E-state index is 0.0405. The van der Waals surface area contributed by atoms with Gasteiger partial charge in [0.2, 0.25) is 5.91 Å². The summed E-state index contributed by atoms with van der Waals surface area (Å²) in [4.78, 5) is 24.8. The second-order valence-electron chi connectivity index (χ2n) is 3.63. The lowest BCUT2D eigenvalue weighted by atomic mass is 10.0. The highest BCUT2D eigenvalue weighted by atomic mass is 16.4. The zero-order valence-corrected chi connectivity index (χ0v) is 8.56. The molecule has 1 saturated heterocycles. The molecule has 5 heteroatoms. The fourth-order valence-electron chi connectivity index (χ4n) is 1.70. The van der Waals surface area contributed by atoms with Gasteiger partial charge in [0.05, 0.1) is 0 Å². The number of likely N-dealkylation sites (tertiary alicyclic amines) is 1. The summed E-state index contributed by atoms with van der Waals surface area (Å²) in [5.74, 6) is 0.0405. The maximum atomic E-state index is 11.1. The van der Waals surface area contributed by atoms with Gasteiger partial charge in [-0.1, -0.05) is 0 Å². The topological polar surface area (TPSA) is 60.9 Å². The summed E-state index contributed by atoms with van der Waals surface area (Å²) in [7, 11) is 1.77. The van der Waals surface area contributed by atoms with E-state index in [0.29, 0.717) is 13.1 Å². The molecule has 0 aromatic carbocycles. The van der Waals surface area contributed by atoms with Crippen molar-refractivity contribution in [3.63, 3.8) is 0 Å². The quantitative estimate of drug-likeness (QED) is 0.674. The largest absolute Gasteiger partial charge is 0.465 e. The lowest BCUT2D eigenvalue weighted by Crippen LogP contribution is -2.46. The van der Waals surface area contributed by atoms with E-state index in [-0.39, 0.29) is 11.9 Å². The number of amides is 2. The van der Waals surface area contributed by atoms with Gasteiger partial charge in [-0.3, -0.25) is 4.79 Å². The van der Waals surface area contributed by atoms with Gasteiger partial charge in [-0.2, -0.15) is 0 Å². The molecule has 2 amide bonds. The summed E-state index contributed by atoms with van der Waals surface area (Å²) in [5.41, 5.74) is 0. The van der Waals surface area contributed by atoms with Crippen LogP contribution in [0.4, 0.5) is 4.79 Å². The van der Waals surface area contributed by atoms with Gasteiger partial charge in [0, 0.05) is 33.1 Å². The van der Waals surface area contributed by atoms with Crippen molar-refractivity contribution < 1.29 is 14.7 Å². The summed E-state index contributed by atoms with van der Waals surface area (Å²) >= 11 is 0. The van der Waals surface area contributed by atoms with Crippen molar-refractivity contribution in [1.29, 1.82) is 0 Å². The van der Waals surface area contributed by atoms with Crippen LogP contribution in [0.15, 0.2) is 0 Å². The zero-order valence-electron chi connectivity index (χ0n) is 8.56. The summed E-state index contributed by atoms with van der Waals surface area (Å²) in [6, 6.07) is 0.197. The number of carboxylic acid groups (broad SMARTS) is 1. The van der Waals surface area contributed by atoms with Crippen LogP contribution in [-0.2, 0) is 4.79 Å². The molecule has 14 heavy (non-hydrogen) atoms. The van der Waals surface area contributed by atoms with Gasteiger partial charge in [0.25, 0.3) is 0 Å². The van der Waals surface area contributed by atoms with Crippen LogP contribution in [0.1, 0.15) is 19.8 Å². The third-order valence-corrected chi connectivity index (χ3v) is 2.78. The summed E-state index contributed by atoms with van der Waals surface area (Å²) in [6.45, 7) is 2.58. The van der Waals surface area contributed by atoms with Crippen LogP contribution in [0.5, 0.6) is 0 Å². The molecule has 1 heterocycles. The van der Waals surface area contributed by atoms with Crippen molar-refractivity contribution in [1.82, 2.24) is 9.80 Å². The predicted molar refractivity (Wildman–Crippen MR) is 51.1 cm³/mol. The minimum atomic E-state index is -0.867. The van der Waals surface area contributed by atoms with Crippen LogP contribution in [0, 0.1) is 0 Å². The van der Waals surface area contributed by atoms with E-state index >= 15 is 0 Å². The molecule has 0 saturated carbocycles. The van der Waals surface area contributed by atoms with E-state index in [1.807, 2.05) is 0 Å². The zero-order chi connectivity index (χ0) is 10.7. The Kier molecular flexibility index (Phi) is 3.33. The Balaban J connectivity index is 2.43. The Morgan fingerprint density at radius 3 is 2.21 bits per heavy atom. The van der Waals surface area contributed by atoms with E-state index in [1.165, 1.54) is 11.8 Å². The van der Waals surface area contributed by atoms with Crippen LogP contribution < -0.4 is 0 Å². The van der Waals surface area contributed by atoms with E-state index < -0.39 is 6.09 Å². The molecule has 1 aliphatic heterocycles. The van der Waals surface area contributed by atoms with Gasteiger partial charge in [0.1, 0.15) is 0 Å². The average Bonchev–Trinajstić information content (AvgIpc) is 2.16. The molecule has 1 N–H and O–H groups in total. The Labute approximate surface area is 83.3 Å². The summed E-state index contributed by atoms with van der Waals surface area (Å²) < 4.78 is 0. The van der Waals surface area contributed by atoms with E-state index in [2.05, 4.69) is 0 Å². The van der Waals surface area contributed by atoms with E-state index in [4.69, 9.17) is 5.11 Å². The predicted octanol–water partition coefficient (Wildman–Crippen LogP) is 0.607. The van der Waals surface area contributed by atoms with Crippen LogP contribution in [0.25, 0.3) is 0 Å². The Bertz CT molecular complexity index is 234. The van der Waals surface area contributed by atoms with Gasteiger partial charge in [-0.05, 0) is 12.8 Å². The summed E-state index contributed by atoms with van der Waals surface area (Å²) in [6.07, 6.45) is 0.610. The van der Waals surface area contributed by atoms with E-state index in [1.54, 1.807) is 11.9 Å². The molecule has 5 nitrogen and oxygen atoms in total. The van der Waals surface area contributed by atoms with Gasteiger partial charge >= 0.3 is 6.09 Å². The van der Waals surface area contributed by atoms with Crippen LogP contribution in [-0.4, -0.2) is 53.1 Å². The van der Waals surface area contributed by atoms with Crippen molar-refractivity contribution >= 4 is 12.0 Å². The number of nitrogens with zero attached hydrogens (tertiary/aromatic N) is 2. The van der Waals surface area contributed by atoms with Gasteiger partial charge in [0.15, 0.2) is 0 Å². The molecule has 1 fully saturated rings. The van der Waals surface area contributed by atoms with Crippen molar-refractivity contribution in [3.05, 3.63) is 0 Å². The average molecular weight is 200 g/mol. The van der Waals surface area contributed by atoms with Crippen molar-refractivity contribution in [2.45, 2.75) is 25.8 Å². The molecule has 0 atom stereocenters. The molecule has 0 aromatic rings. The lowest BCUT2D eigenvalue weighted by molar-refractivity contribution is -0.130. The van der Waals surface area contributed by atoms with Gasteiger partial charge in [-0.15, -0.1) is 0 Å². The molecule has 0 spiro atoms. The van der Waals surface area contributed by atoms with Crippen LogP contribution >= 0.6 is 0 Å². The van der Waals surface area contributed by atoms with Crippen molar-refractivity contribution in [2.24, 2.45) is 0 Å². The lowest BCUT2D eigenvalue weighted by Gasteiger charge is -2.35.